The molecule has 2 fully saturated rings. The lowest BCUT2D eigenvalue weighted by molar-refractivity contribution is -0.121. The first-order valence-electron chi connectivity index (χ1n) is 9.35. The predicted octanol–water partition coefficient (Wildman–Crippen LogP) is 3.18. The minimum absolute atomic E-state index is 0.0494. The fourth-order valence-electron chi connectivity index (χ4n) is 4.06. The van der Waals surface area contributed by atoms with Gasteiger partial charge in [-0.1, -0.05) is 36.3 Å². The number of thiazole rings is 1. The Bertz CT molecular complexity index is 699. The van der Waals surface area contributed by atoms with Gasteiger partial charge in [0.05, 0.1) is 16.3 Å². The molecule has 1 aliphatic carbocycles. The summed E-state index contributed by atoms with van der Waals surface area (Å²) < 4.78 is 1.11. The number of nitrogens with one attached hydrogen (secondary N) is 1. The van der Waals surface area contributed by atoms with E-state index in [1.165, 1.54) is 37.0 Å². The molecule has 0 radical (unpaired) electrons. The molecule has 134 valence electrons. The van der Waals surface area contributed by atoms with Gasteiger partial charge in [-0.2, -0.15) is 0 Å². The zero-order chi connectivity index (χ0) is 17.2. The second-order valence-corrected chi connectivity index (χ2v) is 8.19. The third kappa shape index (κ3) is 3.71. The van der Waals surface area contributed by atoms with Gasteiger partial charge in [0.2, 0.25) is 5.91 Å². The molecule has 1 saturated heterocycles. The van der Waals surface area contributed by atoms with Crippen molar-refractivity contribution in [2.45, 2.75) is 44.7 Å². The molecule has 1 amide bonds. The van der Waals surface area contributed by atoms with E-state index in [0.29, 0.717) is 5.13 Å². The Morgan fingerprint density at radius 2 is 1.92 bits per heavy atom. The molecule has 1 aromatic heterocycles. The zero-order valence-electron chi connectivity index (χ0n) is 14.8. The van der Waals surface area contributed by atoms with Crippen molar-refractivity contribution in [3.8, 4) is 0 Å². The standard InChI is InChI=1S/C19H26N4OS/c1-14(22-10-12-23(13-11-22)15-6-2-3-7-15)18(24)21-19-20-16-8-4-5-9-17(16)25-19/h4-5,8-9,14-15H,2-3,6-7,10-13H2,1H3,(H,20,21,24). The van der Waals surface area contributed by atoms with Crippen molar-refractivity contribution in [1.29, 1.82) is 0 Å². The minimum Gasteiger partial charge on any atom is -0.301 e. The summed E-state index contributed by atoms with van der Waals surface area (Å²) in [5, 5.41) is 3.70. The van der Waals surface area contributed by atoms with Crippen LogP contribution in [0.15, 0.2) is 24.3 Å². The lowest BCUT2D eigenvalue weighted by Gasteiger charge is -2.40. The van der Waals surface area contributed by atoms with Crippen LogP contribution in [0.4, 0.5) is 5.13 Å². The first-order valence-corrected chi connectivity index (χ1v) is 10.2. The molecule has 6 heteroatoms. The highest BCUT2D eigenvalue weighted by molar-refractivity contribution is 7.22. The number of piperazine rings is 1. The summed E-state index contributed by atoms with van der Waals surface area (Å²) in [5.74, 6) is 0.0494. The van der Waals surface area contributed by atoms with E-state index in [1.54, 1.807) is 0 Å². The summed E-state index contributed by atoms with van der Waals surface area (Å²) in [7, 11) is 0. The molecule has 25 heavy (non-hydrogen) atoms. The monoisotopic (exact) mass is 358 g/mol. The number of carbonyl (C=O) groups is 1. The first kappa shape index (κ1) is 16.9. The van der Waals surface area contributed by atoms with Crippen LogP contribution in [-0.4, -0.2) is 59.0 Å². The van der Waals surface area contributed by atoms with Crippen molar-refractivity contribution < 1.29 is 4.79 Å². The van der Waals surface area contributed by atoms with Crippen LogP contribution in [0.2, 0.25) is 0 Å². The van der Waals surface area contributed by atoms with Gasteiger partial charge in [0, 0.05) is 32.2 Å². The van der Waals surface area contributed by atoms with Crippen LogP contribution in [-0.2, 0) is 4.79 Å². The Kier molecular flexibility index (Phi) is 5.01. The van der Waals surface area contributed by atoms with Crippen molar-refractivity contribution in [3.05, 3.63) is 24.3 Å². The summed E-state index contributed by atoms with van der Waals surface area (Å²) in [4.78, 5) is 22.1. The number of anilines is 1. The Morgan fingerprint density at radius 1 is 1.20 bits per heavy atom. The van der Waals surface area contributed by atoms with Gasteiger partial charge in [-0.25, -0.2) is 4.98 Å². The minimum atomic E-state index is -0.113. The van der Waals surface area contributed by atoms with E-state index in [2.05, 4.69) is 20.1 Å². The second kappa shape index (κ2) is 7.40. The quantitative estimate of drug-likeness (QED) is 0.912. The molecule has 1 atom stereocenters. The molecule has 4 rings (SSSR count). The van der Waals surface area contributed by atoms with E-state index >= 15 is 0 Å². The van der Waals surface area contributed by atoms with Crippen LogP contribution in [0.25, 0.3) is 10.2 Å². The van der Waals surface area contributed by atoms with Crippen LogP contribution in [0.1, 0.15) is 32.6 Å². The molecule has 2 heterocycles. The van der Waals surface area contributed by atoms with Crippen LogP contribution >= 0.6 is 11.3 Å². The average molecular weight is 359 g/mol. The second-order valence-electron chi connectivity index (χ2n) is 7.16. The topological polar surface area (TPSA) is 48.5 Å². The Balaban J connectivity index is 1.32. The number of carbonyl (C=O) groups excluding carboxylic acids is 1. The Hall–Kier alpha value is -1.50. The number of aromatic nitrogens is 1. The molecule has 5 nitrogen and oxygen atoms in total. The number of nitrogens with zero attached hydrogens (tertiary/aromatic N) is 3. The lowest BCUT2D eigenvalue weighted by atomic mass is 10.1. The van der Waals surface area contributed by atoms with Gasteiger partial charge in [-0.05, 0) is 31.9 Å². The summed E-state index contributed by atoms with van der Waals surface area (Å²) in [6.45, 7) is 6.14. The van der Waals surface area contributed by atoms with Gasteiger partial charge in [0.1, 0.15) is 0 Å². The molecule has 0 bridgehead atoms. The third-order valence-corrected chi connectivity index (χ3v) is 6.59. The SMILES string of the molecule is CC(C(=O)Nc1nc2ccccc2s1)N1CCN(C2CCCC2)CC1. The number of fused-ring (bicyclic) bond motifs is 1. The number of amides is 1. The van der Waals surface area contributed by atoms with Crippen molar-refractivity contribution in [3.63, 3.8) is 0 Å². The van der Waals surface area contributed by atoms with E-state index in [4.69, 9.17) is 0 Å². The predicted molar refractivity (Wildman–Crippen MR) is 103 cm³/mol. The maximum absolute atomic E-state index is 12.6. The summed E-state index contributed by atoms with van der Waals surface area (Å²) in [6, 6.07) is 8.66. The largest absolute Gasteiger partial charge is 0.301 e. The van der Waals surface area contributed by atoms with Gasteiger partial charge in [-0.3, -0.25) is 14.6 Å². The van der Waals surface area contributed by atoms with Gasteiger partial charge in [0.15, 0.2) is 5.13 Å². The van der Waals surface area contributed by atoms with E-state index in [1.807, 2.05) is 31.2 Å². The highest BCUT2D eigenvalue weighted by Gasteiger charge is 2.30. The number of hydrogen-bond acceptors (Lipinski definition) is 5. The molecule has 0 spiro atoms. The van der Waals surface area contributed by atoms with Gasteiger partial charge in [-0.15, -0.1) is 0 Å². The smallest absolute Gasteiger partial charge is 0.243 e. The maximum atomic E-state index is 12.6. The maximum Gasteiger partial charge on any atom is 0.243 e. The van der Waals surface area contributed by atoms with Gasteiger partial charge in [0.25, 0.3) is 0 Å². The zero-order valence-corrected chi connectivity index (χ0v) is 15.6. The fraction of sp³-hybridized carbons (Fsp3) is 0.579. The Labute approximate surface area is 153 Å². The molecule has 2 aliphatic rings. The van der Waals surface area contributed by atoms with Gasteiger partial charge < -0.3 is 5.32 Å². The number of para-hydroxylation sites is 1. The van der Waals surface area contributed by atoms with Crippen molar-refractivity contribution >= 4 is 32.6 Å². The summed E-state index contributed by atoms with van der Waals surface area (Å²) in [5.41, 5.74) is 0.945. The number of rotatable bonds is 4. The average Bonchev–Trinajstić information content (AvgIpc) is 3.30. The summed E-state index contributed by atoms with van der Waals surface area (Å²) in [6.07, 6.45) is 5.47. The molecule has 1 unspecified atom stereocenters. The van der Waals surface area contributed by atoms with E-state index in [9.17, 15) is 4.79 Å². The van der Waals surface area contributed by atoms with E-state index in [0.717, 1.165) is 42.4 Å². The van der Waals surface area contributed by atoms with Gasteiger partial charge >= 0.3 is 0 Å². The normalized spacial score (nSPS) is 21.6. The highest BCUT2D eigenvalue weighted by atomic mass is 32.1. The molecular weight excluding hydrogens is 332 g/mol. The number of benzene rings is 1. The summed E-state index contributed by atoms with van der Waals surface area (Å²) >= 11 is 1.54. The molecular formula is C19H26N4OS. The molecule has 2 aromatic rings. The molecule has 1 aliphatic heterocycles. The van der Waals surface area contributed by atoms with Crippen LogP contribution in [0, 0.1) is 0 Å². The lowest BCUT2D eigenvalue weighted by Crippen LogP contribution is -2.54. The third-order valence-electron chi connectivity index (χ3n) is 5.64. The van der Waals surface area contributed by atoms with E-state index in [-0.39, 0.29) is 11.9 Å². The fourth-order valence-corrected chi connectivity index (χ4v) is 4.93. The van der Waals surface area contributed by atoms with Crippen molar-refractivity contribution in [2.24, 2.45) is 0 Å². The van der Waals surface area contributed by atoms with E-state index < -0.39 is 0 Å². The van der Waals surface area contributed by atoms with Crippen LogP contribution in [0.5, 0.6) is 0 Å². The molecule has 1 saturated carbocycles. The molecule has 1 N–H and O–H groups in total. The van der Waals surface area contributed by atoms with Crippen LogP contribution in [0.3, 0.4) is 0 Å². The van der Waals surface area contributed by atoms with Crippen molar-refractivity contribution in [1.82, 2.24) is 14.8 Å². The van der Waals surface area contributed by atoms with Crippen molar-refractivity contribution in [2.75, 3.05) is 31.5 Å². The Morgan fingerprint density at radius 3 is 2.64 bits per heavy atom. The highest BCUT2D eigenvalue weighted by Crippen LogP contribution is 2.26. The number of hydrogen-bond donors (Lipinski definition) is 1. The first-order chi connectivity index (χ1) is 12.2. The van der Waals surface area contributed by atoms with Crippen LogP contribution < -0.4 is 5.32 Å². The molecule has 1 aromatic carbocycles.